The van der Waals surface area contributed by atoms with E-state index in [1.54, 1.807) is 0 Å². The Balaban J connectivity index is 2.42. The fourth-order valence-corrected chi connectivity index (χ4v) is 2.09. The first-order valence-corrected chi connectivity index (χ1v) is 7.24. The second-order valence-electron chi connectivity index (χ2n) is 4.86. The molecule has 1 N–H and O–H groups in total. The van der Waals surface area contributed by atoms with E-state index in [0.29, 0.717) is 6.04 Å². The number of nitriles is 1. The molecule has 110 valence electrons. The average Bonchev–Trinajstić information content (AvgIpc) is 2.49. The van der Waals surface area contributed by atoms with Crippen molar-refractivity contribution in [2.24, 2.45) is 0 Å². The van der Waals surface area contributed by atoms with Gasteiger partial charge in [-0.2, -0.15) is 5.26 Å². The number of ether oxygens (including phenoxy) is 1. The van der Waals surface area contributed by atoms with Crippen LogP contribution < -0.4 is 10.1 Å². The zero-order valence-electron chi connectivity index (χ0n) is 12.7. The van der Waals surface area contributed by atoms with E-state index in [-0.39, 0.29) is 6.61 Å². The van der Waals surface area contributed by atoms with Crippen LogP contribution in [0, 0.1) is 11.3 Å². The lowest BCUT2D eigenvalue weighted by Crippen LogP contribution is -2.38. The first-order valence-electron chi connectivity index (χ1n) is 7.24. The SMILES string of the molecule is CCN(CC)CC(C)NCc1cccc(OCC#N)c1. The Morgan fingerprint density at radius 1 is 1.35 bits per heavy atom. The molecule has 0 fully saturated rings. The van der Waals surface area contributed by atoms with Crippen LogP contribution >= 0.6 is 0 Å². The van der Waals surface area contributed by atoms with Gasteiger partial charge in [-0.1, -0.05) is 26.0 Å². The summed E-state index contributed by atoms with van der Waals surface area (Å²) in [5.74, 6) is 0.752. The quantitative estimate of drug-likeness (QED) is 0.752. The minimum atomic E-state index is 0.0925. The van der Waals surface area contributed by atoms with Crippen LogP contribution in [0.5, 0.6) is 5.75 Å². The van der Waals surface area contributed by atoms with E-state index in [2.05, 4.69) is 37.1 Å². The number of likely N-dealkylation sites (N-methyl/N-ethyl adjacent to an activating group) is 1. The van der Waals surface area contributed by atoms with Crippen molar-refractivity contribution in [3.8, 4) is 11.8 Å². The monoisotopic (exact) mass is 275 g/mol. The Kier molecular flexibility index (Phi) is 7.71. The van der Waals surface area contributed by atoms with E-state index in [0.717, 1.165) is 31.9 Å². The highest BCUT2D eigenvalue weighted by Gasteiger charge is 2.06. The summed E-state index contributed by atoms with van der Waals surface area (Å²) in [6.07, 6.45) is 0. The molecule has 0 spiro atoms. The summed E-state index contributed by atoms with van der Waals surface area (Å²) in [5, 5.41) is 12.0. The molecule has 0 saturated carbocycles. The highest BCUT2D eigenvalue weighted by Crippen LogP contribution is 2.13. The molecule has 0 radical (unpaired) electrons. The van der Waals surface area contributed by atoms with Crippen molar-refractivity contribution in [2.45, 2.75) is 33.4 Å². The van der Waals surface area contributed by atoms with Crippen molar-refractivity contribution in [3.05, 3.63) is 29.8 Å². The largest absolute Gasteiger partial charge is 0.479 e. The summed E-state index contributed by atoms with van der Waals surface area (Å²) in [7, 11) is 0. The fraction of sp³-hybridized carbons (Fsp3) is 0.562. The summed E-state index contributed by atoms with van der Waals surface area (Å²) < 4.78 is 5.30. The average molecular weight is 275 g/mol. The third-order valence-electron chi connectivity index (χ3n) is 3.28. The first-order chi connectivity index (χ1) is 9.69. The van der Waals surface area contributed by atoms with Crippen molar-refractivity contribution >= 4 is 0 Å². The van der Waals surface area contributed by atoms with Crippen LogP contribution in [0.25, 0.3) is 0 Å². The van der Waals surface area contributed by atoms with Crippen LogP contribution in [-0.4, -0.2) is 37.2 Å². The molecule has 1 aromatic rings. The standard InChI is InChI=1S/C16H25N3O/c1-4-19(5-2)13-14(3)18-12-15-7-6-8-16(11-15)20-10-9-17/h6-8,11,14,18H,4-5,10,12-13H2,1-3H3. The highest BCUT2D eigenvalue weighted by molar-refractivity contribution is 5.28. The van der Waals surface area contributed by atoms with Crippen LogP contribution in [-0.2, 0) is 6.54 Å². The second-order valence-corrected chi connectivity index (χ2v) is 4.86. The number of hydrogen-bond donors (Lipinski definition) is 1. The van der Waals surface area contributed by atoms with Gasteiger partial charge in [-0.05, 0) is 37.7 Å². The van der Waals surface area contributed by atoms with Crippen LogP contribution in [0.4, 0.5) is 0 Å². The van der Waals surface area contributed by atoms with Crippen LogP contribution in [0.3, 0.4) is 0 Å². The molecule has 1 atom stereocenters. The van der Waals surface area contributed by atoms with Crippen molar-refractivity contribution in [2.75, 3.05) is 26.2 Å². The zero-order chi connectivity index (χ0) is 14.8. The molecular weight excluding hydrogens is 250 g/mol. The van der Waals surface area contributed by atoms with Gasteiger partial charge in [0.25, 0.3) is 0 Å². The molecule has 1 rings (SSSR count). The molecule has 4 nitrogen and oxygen atoms in total. The van der Waals surface area contributed by atoms with Gasteiger partial charge in [0.1, 0.15) is 11.8 Å². The number of nitrogens with one attached hydrogen (secondary N) is 1. The molecule has 1 aromatic carbocycles. The maximum absolute atomic E-state index is 8.51. The van der Waals surface area contributed by atoms with Gasteiger partial charge in [0.2, 0.25) is 0 Å². The Morgan fingerprint density at radius 3 is 2.75 bits per heavy atom. The summed E-state index contributed by atoms with van der Waals surface area (Å²) in [6.45, 7) is 10.7. The lowest BCUT2D eigenvalue weighted by Gasteiger charge is -2.23. The number of hydrogen-bond acceptors (Lipinski definition) is 4. The Hall–Kier alpha value is -1.57. The summed E-state index contributed by atoms with van der Waals surface area (Å²) >= 11 is 0. The van der Waals surface area contributed by atoms with Gasteiger partial charge in [-0.3, -0.25) is 0 Å². The molecule has 1 unspecified atom stereocenters. The van der Waals surface area contributed by atoms with Crippen molar-refractivity contribution < 1.29 is 4.74 Å². The predicted octanol–water partition coefficient (Wildman–Crippen LogP) is 2.41. The van der Waals surface area contributed by atoms with Gasteiger partial charge < -0.3 is 15.0 Å². The molecule has 0 aliphatic carbocycles. The van der Waals surface area contributed by atoms with Crippen LogP contribution in [0.1, 0.15) is 26.3 Å². The van der Waals surface area contributed by atoms with E-state index in [1.807, 2.05) is 24.3 Å². The number of rotatable bonds is 9. The molecular formula is C16H25N3O. The fourth-order valence-electron chi connectivity index (χ4n) is 2.09. The van der Waals surface area contributed by atoms with Crippen LogP contribution in [0.2, 0.25) is 0 Å². The predicted molar refractivity (Wildman–Crippen MR) is 81.6 cm³/mol. The second kappa shape index (κ2) is 9.35. The molecule has 0 aliphatic rings. The molecule has 0 heterocycles. The minimum Gasteiger partial charge on any atom is -0.479 e. The number of benzene rings is 1. The summed E-state index contributed by atoms with van der Waals surface area (Å²) in [6, 6.07) is 10.3. The van der Waals surface area contributed by atoms with E-state index < -0.39 is 0 Å². The summed E-state index contributed by atoms with van der Waals surface area (Å²) in [5.41, 5.74) is 1.17. The first kappa shape index (κ1) is 16.5. The van der Waals surface area contributed by atoms with Gasteiger partial charge >= 0.3 is 0 Å². The van der Waals surface area contributed by atoms with Gasteiger partial charge in [0.15, 0.2) is 6.61 Å². The third-order valence-corrected chi connectivity index (χ3v) is 3.28. The van der Waals surface area contributed by atoms with Gasteiger partial charge in [-0.15, -0.1) is 0 Å². The number of nitrogens with zero attached hydrogens (tertiary/aromatic N) is 2. The van der Waals surface area contributed by atoms with Crippen molar-refractivity contribution in [1.82, 2.24) is 10.2 Å². The topological polar surface area (TPSA) is 48.3 Å². The minimum absolute atomic E-state index is 0.0925. The smallest absolute Gasteiger partial charge is 0.174 e. The van der Waals surface area contributed by atoms with E-state index >= 15 is 0 Å². The lowest BCUT2D eigenvalue weighted by atomic mass is 10.2. The van der Waals surface area contributed by atoms with E-state index in [9.17, 15) is 0 Å². The Morgan fingerprint density at radius 2 is 2.10 bits per heavy atom. The molecule has 4 heteroatoms. The Labute approximate surface area is 122 Å². The maximum Gasteiger partial charge on any atom is 0.174 e. The molecule has 0 saturated heterocycles. The van der Waals surface area contributed by atoms with Gasteiger partial charge in [-0.25, -0.2) is 0 Å². The lowest BCUT2D eigenvalue weighted by molar-refractivity contribution is 0.270. The van der Waals surface area contributed by atoms with Crippen molar-refractivity contribution in [3.63, 3.8) is 0 Å². The summed E-state index contributed by atoms with van der Waals surface area (Å²) in [4.78, 5) is 2.41. The molecule has 0 amide bonds. The Bertz CT molecular complexity index is 424. The van der Waals surface area contributed by atoms with E-state index in [1.165, 1.54) is 5.56 Å². The normalized spacial score (nSPS) is 12.2. The zero-order valence-corrected chi connectivity index (χ0v) is 12.7. The highest BCUT2D eigenvalue weighted by atomic mass is 16.5. The molecule has 20 heavy (non-hydrogen) atoms. The molecule has 0 bridgehead atoms. The van der Waals surface area contributed by atoms with Gasteiger partial charge in [0.05, 0.1) is 0 Å². The molecule has 0 aliphatic heterocycles. The van der Waals surface area contributed by atoms with E-state index in [4.69, 9.17) is 10.00 Å². The van der Waals surface area contributed by atoms with Crippen LogP contribution in [0.15, 0.2) is 24.3 Å². The van der Waals surface area contributed by atoms with Crippen molar-refractivity contribution in [1.29, 1.82) is 5.26 Å². The molecule has 0 aromatic heterocycles. The third kappa shape index (κ3) is 6.05. The van der Waals surface area contributed by atoms with Gasteiger partial charge in [0, 0.05) is 19.1 Å². The maximum atomic E-state index is 8.51.